The molecule has 1 saturated carbocycles. The first kappa shape index (κ1) is 11.7. The highest BCUT2D eigenvalue weighted by Gasteiger charge is 2.16. The van der Waals surface area contributed by atoms with Crippen molar-refractivity contribution in [1.29, 1.82) is 0 Å². The van der Waals surface area contributed by atoms with Crippen LogP contribution in [0.4, 0.5) is 0 Å². The molecule has 0 radical (unpaired) electrons. The minimum absolute atomic E-state index is 0.462. The topological polar surface area (TPSA) is 50.4 Å². The Balaban J connectivity index is 1.86. The van der Waals surface area contributed by atoms with Crippen molar-refractivity contribution < 1.29 is 0 Å². The highest BCUT2D eigenvalue weighted by Crippen LogP contribution is 2.24. The highest BCUT2D eigenvalue weighted by molar-refractivity contribution is 5.98. The summed E-state index contributed by atoms with van der Waals surface area (Å²) in [5, 5.41) is 0. The number of aryl methyl sites for hydroxylation is 2. The summed E-state index contributed by atoms with van der Waals surface area (Å²) in [6.07, 6.45) is 8.72. The van der Waals surface area contributed by atoms with Crippen LogP contribution in [0.25, 0.3) is 0 Å². The molecular formula is C15H21N3. The third-order valence-corrected chi connectivity index (χ3v) is 4.15. The number of fused-ring (bicyclic) bond motifs is 1. The average molecular weight is 243 g/mol. The summed E-state index contributed by atoms with van der Waals surface area (Å²) in [5.74, 6) is 6.51. The number of aliphatic imine (C=N–C) groups is 1. The van der Waals surface area contributed by atoms with Gasteiger partial charge in [-0.25, -0.2) is 5.84 Å². The number of hydrogen-bond acceptors (Lipinski definition) is 2. The van der Waals surface area contributed by atoms with E-state index in [2.05, 4.69) is 23.6 Å². The SMILES string of the molecule is NNC(=NC1CCCC1)c1ccc2c(c1)CCC2. The number of benzene rings is 1. The van der Waals surface area contributed by atoms with Crippen LogP contribution in [0.3, 0.4) is 0 Å². The first-order valence-electron chi connectivity index (χ1n) is 7.03. The van der Waals surface area contributed by atoms with Crippen LogP contribution < -0.4 is 11.3 Å². The standard InChI is InChI=1S/C15H21N3/c16-18-15(17-14-6-1-2-7-14)13-9-8-11-4-3-5-12(11)10-13/h8-10,14H,1-7,16H2,(H,17,18). The van der Waals surface area contributed by atoms with Crippen molar-refractivity contribution >= 4 is 5.84 Å². The third kappa shape index (κ3) is 2.27. The van der Waals surface area contributed by atoms with Crippen LogP contribution >= 0.6 is 0 Å². The lowest BCUT2D eigenvalue weighted by Crippen LogP contribution is -2.32. The van der Waals surface area contributed by atoms with Crippen LogP contribution in [-0.2, 0) is 12.8 Å². The molecule has 0 heterocycles. The van der Waals surface area contributed by atoms with Crippen molar-refractivity contribution in [3.05, 3.63) is 34.9 Å². The molecule has 0 atom stereocenters. The quantitative estimate of drug-likeness (QED) is 0.362. The van der Waals surface area contributed by atoms with E-state index in [0.717, 1.165) is 11.4 Å². The Kier molecular flexibility index (Phi) is 3.33. The molecule has 3 nitrogen and oxygen atoms in total. The highest BCUT2D eigenvalue weighted by atomic mass is 15.3. The molecule has 1 fully saturated rings. The van der Waals surface area contributed by atoms with E-state index in [0.29, 0.717) is 6.04 Å². The molecule has 18 heavy (non-hydrogen) atoms. The van der Waals surface area contributed by atoms with Crippen molar-refractivity contribution in [2.75, 3.05) is 0 Å². The zero-order valence-corrected chi connectivity index (χ0v) is 10.8. The van der Waals surface area contributed by atoms with Crippen molar-refractivity contribution in [2.24, 2.45) is 10.8 Å². The smallest absolute Gasteiger partial charge is 0.142 e. The van der Waals surface area contributed by atoms with Gasteiger partial charge in [0, 0.05) is 5.56 Å². The van der Waals surface area contributed by atoms with Crippen LogP contribution in [0, 0.1) is 0 Å². The van der Waals surface area contributed by atoms with Gasteiger partial charge < -0.3 is 5.43 Å². The van der Waals surface area contributed by atoms with Gasteiger partial charge in [0.15, 0.2) is 0 Å². The predicted molar refractivity (Wildman–Crippen MR) is 74.6 cm³/mol. The molecule has 0 bridgehead atoms. The second kappa shape index (κ2) is 5.11. The first-order chi connectivity index (χ1) is 8.86. The van der Waals surface area contributed by atoms with Crippen molar-refractivity contribution in [3.8, 4) is 0 Å². The summed E-state index contributed by atoms with van der Waals surface area (Å²) in [5.41, 5.74) is 6.90. The number of nitrogens with zero attached hydrogens (tertiary/aromatic N) is 1. The van der Waals surface area contributed by atoms with Gasteiger partial charge in [-0.3, -0.25) is 4.99 Å². The van der Waals surface area contributed by atoms with Crippen LogP contribution in [0.15, 0.2) is 23.2 Å². The van der Waals surface area contributed by atoms with Gasteiger partial charge in [0.2, 0.25) is 0 Å². The molecule has 0 aliphatic heterocycles. The Bertz CT molecular complexity index is 459. The van der Waals surface area contributed by atoms with Gasteiger partial charge in [0.05, 0.1) is 6.04 Å². The lowest BCUT2D eigenvalue weighted by molar-refractivity contribution is 0.701. The molecule has 0 amide bonds. The Morgan fingerprint density at radius 1 is 1.11 bits per heavy atom. The summed E-state index contributed by atoms with van der Waals surface area (Å²) >= 11 is 0. The summed E-state index contributed by atoms with van der Waals surface area (Å²) in [4.78, 5) is 4.77. The molecule has 0 unspecified atom stereocenters. The van der Waals surface area contributed by atoms with Crippen LogP contribution in [-0.4, -0.2) is 11.9 Å². The minimum Gasteiger partial charge on any atom is -0.308 e. The Morgan fingerprint density at radius 3 is 2.67 bits per heavy atom. The van der Waals surface area contributed by atoms with E-state index in [1.54, 1.807) is 0 Å². The van der Waals surface area contributed by atoms with Gasteiger partial charge in [0.1, 0.15) is 5.84 Å². The molecule has 2 aliphatic carbocycles. The van der Waals surface area contributed by atoms with Gasteiger partial charge >= 0.3 is 0 Å². The Labute approximate surface area is 108 Å². The number of hydrazine groups is 1. The Morgan fingerprint density at radius 2 is 1.89 bits per heavy atom. The van der Waals surface area contributed by atoms with Gasteiger partial charge in [0.25, 0.3) is 0 Å². The molecule has 96 valence electrons. The largest absolute Gasteiger partial charge is 0.308 e. The van der Waals surface area contributed by atoms with Gasteiger partial charge in [-0.05, 0) is 49.3 Å². The molecule has 0 saturated heterocycles. The minimum atomic E-state index is 0.462. The second-order valence-electron chi connectivity index (χ2n) is 5.40. The molecular weight excluding hydrogens is 222 g/mol. The molecule has 3 heteroatoms. The van der Waals surface area contributed by atoms with Gasteiger partial charge in [-0.2, -0.15) is 0 Å². The molecule has 3 N–H and O–H groups in total. The van der Waals surface area contributed by atoms with E-state index in [1.807, 2.05) is 0 Å². The van der Waals surface area contributed by atoms with E-state index in [-0.39, 0.29) is 0 Å². The van der Waals surface area contributed by atoms with Gasteiger partial charge in [-0.1, -0.05) is 25.0 Å². The van der Waals surface area contributed by atoms with E-state index in [4.69, 9.17) is 10.8 Å². The molecule has 1 aromatic rings. The normalized spacial score (nSPS) is 20.2. The zero-order chi connectivity index (χ0) is 12.4. The number of hydrogen-bond donors (Lipinski definition) is 2. The van der Waals surface area contributed by atoms with Crippen molar-refractivity contribution in [1.82, 2.24) is 5.43 Å². The second-order valence-corrected chi connectivity index (χ2v) is 5.40. The summed E-state index contributed by atoms with van der Waals surface area (Å²) in [6.45, 7) is 0. The number of amidine groups is 1. The fourth-order valence-corrected chi connectivity index (χ4v) is 3.13. The maximum atomic E-state index is 5.65. The van der Waals surface area contributed by atoms with E-state index in [9.17, 15) is 0 Å². The van der Waals surface area contributed by atoms with Crippen LogP contribution in [0.5, 0.6) is 0 Å². The van der Waals surface area contributed by atoms with E-state index < -0.39 is 0 Å². The van der Waals surface area contributed by atoms with Crippen molar-refractivity contribution in [2.45, 2.75) is 51.0 Å². The van der Waals surface area contributed by atoms with E-state index in [1.165, 1.54) is 56.1 Å². The fraction of sp³-hybridized carbons (Fsp3) is 0.533. The lowest BCUT2D eigenvalue weighted by atomic mass is 10.1. The predicted octanol–water partition coefficient (Wildman–Crippen LogP) is 2.33. The monoisotopic (exact) mass is 243 g/mol. The molecule has 0 spiro atoms. The van der Waals surface area contributed by atoms with Crippen LogP contribution in [0.2, 0.25) is 0 Å². The molecule has 2 aliphatic rings. The molecule has 3 rings (SSSR count). The van der Waals surface area contributed by atoms with E-state index >= 15 is 0 Å². The summed E-state index contributed by atoms with van der Waals surface area (Å²) in [6, 6.07) is 7.11. The van der Waals surface area contributed by atoms with Gasteiger partial charge in [-0.15, -0.1) is 0 Å². The van der Waals surface area contributed by atoms with Crippen molar-refractivity contribution in [3.63, 3.8) is 0 Å². The number of rotatable bonds is 2. The number of nitrogens with two attached hydrogens (primary N) is 1. The fourth-order valence-electron chi connectivity index (χ4n) is 3.13. The average Bonchev–Trinajstić information content (AvgIpc) is 3.06. The maximum Gasteiger partial charge on any atom is 0.142 e. The lowest BCUT2D eigenvalue weighted by Gasteiger charge is -2.11. The van der Waals surface area contributed by atoms with Crippen LogP contribution in [0.1, 0.15) is 48.8 Å². The zero-order valence-electron chi connectivity index (χ0n) is 10.8. The molecule has 0 aromatic heterocycles. The summed E-state index contributed by atoms with van der Waals surface area (Å²) < 4.78 is 0. The number of nitrogens with one attached hydrogen (secondary N) is 1. The summed E-state index contributed by atoms with van der Waals surface area (Å²) in [7, 11) is 0. The third-order valence-electron chi connectivity index (χ3n) is 4.15. The molecule has 1 aromatic carbocycles. The first-order valence-corrected chi connectivity index (χ1v) is 7.03. The Hall–Kier alpha value is -1.35. The maximum absolute atomic E-state index is 5.65.